The van der Waals surface area contributed by atoms with Gasteiger partial charge in [-0.05, 0) is 38.0 Å². The van der Waals surface area contributed by atoms with Gasteiger partial charge >= 0.3 is 0 Å². The Balaban J connectivity index is 1.73. The van der Waals surface area contributed by atoms with Crippen molar-refractivity contribution >= 4 is 41.1 Å². The van der Waals surface area contributed by atoms with Crippen molar-refractivity contribution in [2.45, 2.75) is 48.9 Å². The number of anilines is 1. The van der Waals surface area contributed by atoms with Crippen molar-refractivity contribution in [2.75, 3.05) is 24.5 Å². The molecule has 0 unspecified atom stereocenters. The van der Waals surface area contributed by atoms with Gasteiger partial charge in [0.15, 0.2) is 0 Å². The average Bonchev–Trinajstić information content (AvgIpc) is 3.28. The topological polar surface area (TPSA) is 98.8 Å². The van der Waals surface area contributed by atoms with Crippen LogP contribution in [-0.2, 0) is 19.2 Å². The molecule has 2 heterocycles. The average molecular weight is 495 g/mol. The highest BCUT2D eigenvalue weighted by Crippen LogP contribution is 2.45. The Labute approximate surface area is 209 Å². The molecule has 9 heteroatoms. The van der Waals surface area contributed by atoms with Crippen molar-refractivity contribution < 1.29 is 19.2 Å². The van der Waals surface area contributed by atoms with E-state index in [4.69, 9.17) is 0 Å². The van der Waals surface area contributed by atoms with Crippen LogP contribution in [0.3, 0.4) is 0 Å². The monoisotopic (exact) mass is 494 g/mol. The molecule has 4 rings (SSSR count). The molecule has 2 aromatic rings. The van der Waals surface area contributed by atoms with Crippen LogP contribution < -0.4 is 15.5 Å². The molecule has 0 aromatic heterocycles. The number of hydrogen-bond donors (Lipinski definition) is 2. The smallest absolute Gasteiger partial charge is 0.251 e. The first-order chi connectivity index (χ1) is 16.9. The first kappa shape index (κ1) is 24.8. The number of nitrogens with one attached hydrogen (secondary N) is 2. The minimum atomic E-state index is -0.927. The van der Waals surface area contributed by atoms with Gasteiger partial charge in [0.25, 0.3) is 5.91 Å². The number of thioether (sulfide) groups is 1. The van der Waals surface area contributed by atoms with Gasteiger partial charge in [0.1, 0.15) is 18.6 Å². The standard InChI is InChI=1S/C26H30N4O4S/c1-3-29(4-2)22(32)16-30-19-12-8-9-13-20(19)35-24(17-10-6-5-7-11-17)23(26(30)34)28-25(33)18-14-15-21(31)27-18/h5-13,18,23-24H,3-4,14-16H2,1-2H3,(H,27,31)(H,28,33)/t18-,23-,24+/m0/s1. The summed E-state index contributed by atoms with van der Waals surface area (Å²) in [5.41, 5.74) is 1.54. The minimum Gasteiger partial charge on any atom is -0.344 e. The Morgan fingerprint density at radius 1 is 1.06 bits per heavy atom. The van der Waals surface area contributed by atoms with Crippen LogP contribution >= 0.6 is 11.8 Å². The van der Waals surface area contributed by atoms with E-state index in [1.54, 1.807) is 4.90 Å². The largest absolute Gasteiger partial charge is 0.344 e. The zero-order chi connectivity index (χ0) is 24.9. The second kappa shape index (κ2) is 10.9. The lowest BCUT2D eigenvalue weighted by atomic mass is 10.0. The van der Waals surface area contributed by atoms with E-state index in [0.29, 0.717) is 25.2 Å². The maximum Gasteiger partial charge on any atom is 0.251 e. The maximum atomic E-state index is 14.1. The highest BCUT2D eigenvalue weighted by molar-refractivity contribution is 7.99. The summed E-state index contributed by atoms with van der Waals surface area (Å²) in [6.07, 6.45) is 0.669. The molecule has 0 aliphatic carbocycles. The second-order valence-electron chi connectivity index (χ2n) is 8.55. The SMILES string of the molecule is CCN(CC)C(=O)CN1C(=O)[C@@H](NC(=O)[C@@H]2CCC(=O)N2)[C@@H](c2ccccc2)Sc2ccccc21. The van der Waals surface area contributed by atoms with Crippen LogP contribution in [0.4, 0.5) is 5.69 Å². The molecule has 0 saturated carbocycles. The Hall–Kier alpha value is -3.33. The number of para-hydroxylation sites is 1. The molecule has 0 radical (unpaired) electrons. The zero-order valence-electron chi connectivity index (χ0n) is 19.9. The third-order valence-electron chi connectivity index (χ3n) is 6.39. The van der Waals surface area contributed by atoms with Gasteiger partial charge < -0.3 is 20.4 Å². The van der Waals surface area contributed by atoms with Gasteiger partial charge in [-0.25, -0.2) is 0 Å². The number of hydrogen-bond acceptors (Lipinski definition) is 5. The Morgan fingerprint density at radius 2 is 1.74 bits per heavy atom. The lowest BCUT2D eigenvalue weighted by molar-refractivity contribution is -0.132. The normalized spacial score (nSPS) is 21.7. The summed E-state index contributed by atoms with van der Waals surface area (Å²) in [5.74, 6) is -1.08. The Bertz CT molecular complexity index is 1110. The summed E-state index contributed by atoms with van der Waals surface area (Å²) in [6, 6.07) is 15.5. The van der Waals surface area contributed by atoms with Gasteiger partial charge in [0, 0.05) is 24.4 Å². The number of fused-ring (bicyclic) bond motifs is 1. The van der Waals surface area contributed by atoms with Crippen molar-refractivity contribution in [3.8, 4) is 0 Å². The molecule has 1 saturated heterocycles. The van der Waals surface area contributed by atoms with Crippen molar-refractivity contribution in [1.82, 2.24) is 15.5 Å². The van der Waals surface area contributed by atoms with Crippen molar-refractivity contribution in [1.29, 1.82) is 0 Å². The van der Waals surface area contributed by atoms with Gasteiger partial charge in [0.2, 0.25) is 17.7 Å². The Kier molecular flexibility index (Phi) is 7.75. The summed E-state index contributed by atoms with van der Waals surface area (Å²) >= 11 is 1.49. The first-order valence-corrected chi connectivity index (χ1v) is 12.8. The van der Waals surface area contributed by atoms with E-state index in [2.05, 4.69) is 10.6 Å². The highest BCUT2D eigenvalue weighted by Gasteiger charge is 2.41. The number of nitrogens with zero attached hydrogens (tertiary/aromatic N) is 2. The van der Waals surface area contributed by atoms with E-state index >= 15 is 0 Å². The quantitative estimate of drug-likeness (QED) is 0.616. The summed E-state index contributed by atoms with van der Waals surface area (Å²) in [5, 5.41) is 5.18. The van der Waals surface area contributed by atoms with Gasteiger partial charge in [-0.15, -0.1) is 11.8 Å². The number of carbonyl (C=O) groups excluding carboxylic acids is 4. The third-order valence-corrected chi connectivity index (χ3v) is 7.79. The van der Waals surface area contributed by atoms with Crippen LogP contribution in [0, 0.1) is 0 Å². The summed E-state index contributed by atoms with van der Waals surface area (Å²) in [4.78, 5) is 56.0. The fourth-order valence-corrected chi connectivity index (χ4v) is 5.82. The van der Waals surface area contributed by atoms with Crippen molar-refractivity contribution in [2.24, 2.45) is 0 Å². The minimum absolute atomic E-state index is 0.119. The molecule has 8 nitrogen and oxygen atoms in total. The van der Waals surface area contributed by atoms with E-state index in [0.717, 1.165) is 10.5 Å². The van der Waals surface area contributed by atoms with Crippen LogP contribution in [-0.4, -0.2) is 60.2 Å². The number of rotatable bonds is 7. The first-order valence-electron chi connectivity index (χ1n) is 11.9. The number of carbonyl (C=O) groups is 4. The molecule has 0 spiro atoms. The number of amides is 4. The van der Waals surface area contributed by atoms with E-state index in [1.165, 1.54) is 16.7 Å². The molecule has 2 aromatic carbocycles. The lowest BCUT2D eigenvalue weighted by Gasteiger charge is -2.30. The molecule has 2 aliphatic rings. The lowest BCUT2D eigenvalue weighted by Crippen LogP contribution is -2.55. The van der Waals surface area contributed by atoms with E-state index in [9.17, 15) is 19.2 Å². The molecule has 184 valence electrons. The number of likely N-dealkylation sites (N-methyl/N-ethyl adjacent to an activating group) is 1. The second-order valence-corrected chi connectivity index (χ2v) is 9.74. The van der Waals surface area contributed by atoms with Gasteiger partial charge in [-0.3, -0.25) is 19.2 Å². The van der Waals surface area contributed by atoms with E-state index in [1.807, 2.05) is 68.4 Å². The van der Waals surface area contributed by atoms with Crippen molar-refractivity contribution in [3.63, 3.8) is 0 Å². The molecule has 2 N–H and O–H groups in total. The highest BCUT2D eigenvalue weighted by atomic mass is 32.2. The number of benzene rings is 2. The molecular formula is C26H30N4O4S. The molecular weight excluding hydrogens is 464 g/mol. The molecule has 1 fully saturated rings. The maximum absolute atomic E-state index is 14.1. The predicted octanol–water partition coefficient (Wildman–Crippen LogP) is 2.50. The van der Waals surface area contributed by atoms with Gasteiger partial charge in [0.05, 0.1) is 10.9 Å². The van der Waals surface area contributed by atoms with E-state index < -0.39 is 23.2 Å². The molecule has 3 atom stereocenters. The van der Waals surface area contributed by atoms with Gasteiger partial charge in [-0.2, -0.15) is 0 Å². The third kappa shape index (κ3) is 5.35. The van der Waals surface area contributed by atoms with E-state index in [-0.39, 0.29) is 30.7 Å². The molecule has 35 heavy (non-hydrogen) atoms. The van der Waals surface area contributed by atoms with Crippen LogP contribution in [0.1, 0.15) is 37.5 Å². The fourth-order valence-electron chi connectivity index (χ4n) is 4.48. The summed E-state index contributed by atoms with van der Waals surface area (Å²) < 4.78 is 0. The fraction of sp³-hybridized carbons (Fsp3) is 0.385. The zero-order valence-corrected chi connectivity index (χ0v) is 20.7. The summed E-state index contributed by atoms with van der Waals surface area (Å²) in [6.45, 7) is 4.77. The summed E-state index contributed by atoms with van der Waals surface area (Å²) in [7, 11) is 0. The Morgan fingerprint density at radius 3 is 2.40 bits per heavy atom. The van der Waals surface area contributed by atoms with Crippen LogP contribution in [0.25, 0.3) is 0 Å². The predicted molar refractivity (Wildman–Crippen MR) is 135 cm³/mol. The molecule has 4 amide bonds. The molecule has 2 aliphatic heterocycles. The van der Waals surface area contributed by atoms with Crippen molar-refractivity contribution in [3.05, 3.63) is 60.2 Å². The van der Waals surface area contributed by atoms with Gasteiger partial charge in [-0.1, -0.05) is 42.5 Å². The van der Waals surface area contributed by atoms with Crippen LogP contribution in [0.15, 0.2) is 59.5 Å². The van der Waals surface area contributed by atoms with Crippen LogP contribution in [0.2, 0.25) is 0 Å². The molecule has 0 bridgehead atoms. The van der Waals surface area contributed by atoms with Crippen LogP contribution in [0.5, 0.6) is 0 Å².